The molecule has 170 valence electrons. The Bertz CT molecular complexity index is 1250. The Morgan fingerprint density at radius 2 is 2.00 bits per heavy atom. The first-order chi connectivity index (χ1) is 15.3. The quantitative estimate of drug-likeness (QED) is 0.431. The molecule has 0 aliphatic heterocycles. The van der Waals surface area contributed by atoms with Crippen molar-refractivity contribution in [3.05, 3.63) is 35.6 Å². The van der Waals surface area contributed by atoms with E-state index in [1.807, 2.05) is 37.5 Å². The van der Waals surface area contributed by atoms with Gasteiger partial charge in [-0.15, -0.1) is 0 Å². The number of alkyl halides is 2. The number of benzene rings is 1. The molecule has 0 amide bonds. The van der Waals surface area contributed by atoms with Gasteiger partial charge in [-0.1, -0.05) is 5.16 Å². The van der Waals surface area contributed by atoms with Crippen molar-refractivity contribution in [2.45, 2.75) is 40.0 Å². The van der Waals surface area contributed by atoms with Gasteiger partial charge in [0.2, 0.25) is 0 Å². The lowest BCUT2D eigenvalue weighted by molar-refractivity contribution is -0.135. The summed E-state index contributed by atoms with van der Waals surface area (Å²) in [5, 5.41) is 7.93. The highest BCUT2D eigenvalue weighted by Crippen LogP contribution is 2.39. The number of methoxy groups -OCH3 is 1. The topological polar surface area (TPSA) is 87.2 Å². The molecule has 10 heteroatoms. The van der Waals surface area contributed by atoms with E-state index in [9.17, 15) is 8.78 Å². The largest absolute Gasteiger partial charge is 0.496 e. The van der Waals surface area contributed by atoms with Crippen LogP contribution < -0.4 is 10.1 Å². The maximum Gasteiger partial charge on any atom is 0.345 e. The molecule has 1 atom stereocenters. The van der Waals surface area contributed by atoms with E-state index in [2.05, 4.69) is 25.2 Å². The predicted molar refractivity (Wildman–Crippen MR) is 116 cm³/mol. The summed E-state index contributed by atoms with van der Waals surface area (Å²) in [7, 11) is 3.40. The zero-order valence-electron chi connectivity index (χ0n) is 18.6. The Kier molecular flexibility index (Phi) is 6.07. The number of aryl methyl sites for hydroxylation is 2. The smallest absolute Gasteiger partial charge is 0.345 e. The zero-order chi connectivity index (χ0) is 23.0. The normalized spacial score (nSPS) is 12.9. The minimum absolute atomic E-state index is 0.155. The number of halogens is 2. The Morgan fingerprint density at radius 3 is 2.62 bits per heavy atom. The van der Waals surface area contributed by atoms with E-state index in [-0.39, 0.29) is 12.6 Å². The first-order valence-corrected chi connectivity index (χ1v) is 10.2. The summed E-state index contributed by atoms with van der Waals surface area (Å²) < 4.78 is 43.0. The predicted octanol–water partition coefficient (Wildman–Crippen LogP) is 4.38. The number of fused-ring (bicyclic) bond motifs is 3. The van der Waals surface area contributed by atoms with Crippen molar-refractivity contribution in [3.8, 4) is 16.9 Å². The zero-order valence-corrected chi connectivity index (χ0v) is 18.6. The number of nitrogens with zero attached hydrogens (tertiary/aromatic N) is 4. The van der Waals surface area contributed by atoms with Gasteiger partial charge in [-0.25, -0.2) is 4.98 Å². The molecule has 0 bridgehead atoms. The molecule has 0 saturated carbocycles. The summed E-state index contributed by atoms with van der Waals surface area (Å²) in [6, 6.07) is 3.44. The highest BCUT2D eigenvalue weighted by molar-refractivity contribution is 6.05. The van der Waals surface area contributed by atoms with Gasteiger partial charge in [0.25, 0.3) is 0 Å². The van der Waals surface area contributed by atoms with Gasteiger partial charge in [0.15, 0.2) is 0 Å². The van der Waals surface area contributed by atoms with E-state index in [1.54, 1.807) is 20.4 Å². The summed E-state index contributed by atoms with van der Waals surface area (Å²) in [6.07, 6.45) is 1.69. The number of hydrogen-bond donors (Lipinski definition) is 1. The van der Waals surface area contributed by atoms with Crippen molar-refractivity contribution in [3.63, 3.8) is 0 Å². The van der Waals surface area contributed by atoms with Crippen molar-refractivity contribution >= 4 is 21.9 Å². The van der Waals surface area contributed by atoms with Gasteiger partial charge < -0.3 is 23.9 Å². The molecular weight excluding hydrogens is 420 g/mol. The van der Waals surface area contributed by atoms with Crippen LogP contribution in [0, 0.1) is 13.8 Å². The average molecular weight is 445 g/mol. The van der Waals surface area contributed by atoms with Crippen molar-refractivity contribution in [1.82, 2.24) is 25.0 Å². The van der Waals surface area contributed by atoms with Crippen LogP contribution in [0.3, 0.4) is 0 Å². The van der Waals surface area contributed by atoms with E-state index in [1.165, 1.54) is 0 Å². The molecule has 3 heterocycles. The fourth-order valence-corrected chi connectivity index (χ4v) is 4.13. The Hall–Kier alpha value is -3.11. The molecule has 0 spiro atoms. The van der Waals surface area contributed by atoms with Crippen LogP contribution in [-0.4, -0.2) is 47.1 Å². The third-order valence-electron chi connectivity index (χ3n) is 5.45. The van der Waals surface area contributed by atoms with E-state index in [0.717, 1.165) is 27.7 Å². The number of imidazole rings is 1. The fraction of sp³-hybridized carbons (Fsp3) is 0.409. The number of aromatic nitrogens is 4. The van der Waals surface area contributed by atoms with Crippen LogP contribution in [0.2, 0.25) is 0 Å². The molecule has 0 aliphatic rings. The maximum absolute atomic E-state index is 12.7. The van der Waals surface area contributed by atoms with Crippen LogP contribution in [0.15, 0.2) is 22.9 Å². The number of pyridine rings is 1. The Balaban J connectivity index is 1.98. The number of ether oxygens (including phenoxy) is 2. The average Bonchev–Trinajstić information content (AvgIpc) is 3.30. The fourth-order valence-electron chi connectivity index (χ4n) is 4.13. The van der Waals surface area contributed by atoms with Crippen LogP contribution in [0.25, 0.3) is 33.1 Å². The van der Waals surface area contributed by atoms with Crippen molar-refractivity contribution < 1.29 is 22.8 Å². The number of nitrogens with one attached hydrogen (secondary N) is 1. The van der Waals surface area contributed by atoms with Crippen LogP contribution in [0.1, 0.15) is 30.2 Å². The standard InChI is InChI=1S/C22H25F2N5O3/c1-11(10-31-22(23)24)29-19(9-25-4)27-17-8-26-16-6-15(20-12(2)28-32-13(20)3)18(30-5)7-14(16)21(17)29/h6-8,11,22,25H,9-10H2,1-5H3/t11-/m1/s1. The van der Waals surface area contributed by atoms with Gasteiger partial charge >= 0.3 is 6.61 Å². The van der Waals surface area contributed by atoms with Crippen LogP contribution >= 0.6 is 0 Å². The monoisotopic (exact) mass is 445 g/mol. The molecule has 3 aromatic heterocycles. The summed E-state index contributed by atoms with van der Waals surface area (Å²) in [5.41, 5.74) is 4.59. The Labute approximate surface area is 183 Å². The van der Waals surface area contributed by atoms with Gasteiger partial charge in [0, 0.05) is 10.9 Å². The molecule has 4 aromatic rings. The molecule has 1 aromatic carbocycles. The molecule has 0 fully saturated rings. The SMILES string of the molecule is CNCc1nc2cnc3cc(-c4c(C)noc4C)c(OC)cc3c2n1[C@H](C)COC(F)F. The van der Waals surface area contributed by atoms with Crippen LogP contribution in [0.4, 0.5) is 8.78 Å². The first-order valence-electron chi connectivity index (χ1n) is 10.2. The van der Waals surface area contributed by atoms with Gasteiger partial charge in [0.1, 0.15) is 22.9 Å². The van der Waals surface area contributed by atoms with Crippen molar-refractivity contribution in [1.29, 1.82) is 0 Å². The summed E-state index contributed by atoms with van der Waals surface area (Å²) >= 11 is 0. The van der Waals surface area contributed by atoms with Crippen LogP contribution in [-0.2, 0) is 11.3 Å². The second-order valence-electron chi connectivity index (χ2n) is 7.63. The van der Waals surface area contributed by atoms with Crippen molar-refractivity contribution in [2.24, 2.45) is 0 Å². The van der Waals surface area contributed by atoms with Gasteiger partial charge in [-0.05, 0) is 40.0 Å². The minimum atomic E-state index is -2.84. The van der Waals surface area contributed by atoms with E-state index >= 15 is 0 Å². The maximum atomic E-state index is 12.7. The summed E-state index contributed by atoms with van der Waals surface area (Å²) in [4.78, 5) is 9.29. The molecule has 8 nitrogen and oxygen atoms in total. The Morgan fingerprint density at radius 1 is 1.22 bits per heavy atom. The second-order valence-corrected chi connectivity index (χ2v) is 7.63. The lowest BCUT2D eigenvalue weighted by atomic mass is 10.0. The lowest BCUT2D eigenvalue weighted by Crippen LogP contribution is -2.19. The molecule has 1 N–H and O–H groups in total. The molecule has 0 aliphatic carbocycles. The first kappa shape index (κ1) is 22.1. The van der Waals surface area contributed by atoms with Gasteiger partial charge in [-0.2, -0.15) is 8.78 Å². The summed E-state index contributed by atoms with van der Waals surface area (Å²) in [6.45, 7) is 3.01. The molecule has 0 saturated heterocycles. The van der Waals surface area contributed by atoms with Crippen molar-refractivity contribution in [2.75, 3.05) is 20.8 Å². The third-order valence-corrected chi connectivity index (χ3v) is 5.45. The second kappa shape index (κ2) is 8.79. The number of rotatable bonds is 8. The lowest BCUT2D eigenvalue weighted by Gasteiger charge is -2.19. The molecule has 0 radical (unpaired) electrons. The highest BCUT2D eigenvalue weighted by atomic mass is 19.3. The van der Waals surface area contributed by atoms with Crippen LogP contribution in [0.5, 0.6) is 5.75 Å². The highest BCUT2D eigenvalue weighted by Gasteiger charge is 2.22. The molecule has 4 rings (SSSR count). The van der Waals surface area contributed by atoms with Gasteiger partial charge in [-0.3, -0.25) is 4.98 Å². The third kappa shape index (κ3) is 3.80. The molecule has 32 heavy (non-hydrogen) atoms. The molecule has 0 unspecified atom stereocenters. The van der Waals surface area contributed by atoms with E-state index < -0.39 is 6.61 Å². The van der Waals surface area contributed by atoms with E-state index in [0.29, 0.717) is 34.9 Å². The van der Waals surface area contributed by atoms with E-state index in [4.69, 9.17) is 9.26 Å². The van der Waals surface area contributed by atoms with Gasteiger partial charge in [0.05, 0.1) is 54.8 Å². The molecular formula is C22H25F2N5O3. The minimum Gasteiger partial charge on any atom is -0.496 e. The number of hydrogen-bond acceptors (Lipinski definition) is 7. The summed E-state index contributed by atoms with van der Waals surface area (Å²) in [5.74, 6) is 2.01.